The number of hydrogen-bond donors (Lipinski definition) is 1. The molecule has 0 saturated heterocycles. The minimum absolute atomic E-state index is 0.164. The van der Waals surface area contributed by atoms with E-state index in [0.717, 1.165) is 16.7 Å². The average Bonchev–Trinajstić information content (AvgIpc) is 2.27. The normalized spacial score (nSPS) is 9.94. The SMILES string of the molecule is Cc1cc(C)cc(-c2cc[nH]c(=O)c2C#N)c1. The summed E-state index contributed by atoms with van der Waals surface area (Å²) in [7, 11) is 0. The smallest absolute Gasteiger partial charge is 0.266 e. The average molecular weight is 224 g/mol. The first-order valence-corrected chi connectivity index (χ1v) is 5.32. The first-order valence-electron chi connectivity index (χ1n) is 5.32. The fourth-order valence-corrected chi connectivity index (χ4v) is 1.96. The molecule has 17 heavy (non-hydrogen) atoms. The highest BCUT2D eigenvalue weighted by atomic mass is 16.1. The summed E-state index contributed by atoms with van der Waals surface area (Å²) < 4.78 is 0. The van der Waals surface area contributed by atoms with Crippen LogP contribution in [0, 0.1) is 25.2 Å². The van der Waals surface area contributed by atoms with Crippen LogP contribution >= 0.6 is 0 Å². The lowest BCUT2D eigenvalue weighted by Gasteiger charge is -2.06. The molecule has 1 aromatic carbocycles. The number of pyridine rings is 1. The maximum absolute atomic E-state index is 11.5. The van der Waals surface area contributed by atoms with E-state index in [1.54, 1.807) is 12.3 Å². The van der Waals surface area contributed by atoms with Gasteiger partial charge in [-0.05, 0) is 25.5 Å². The molecule has 3 heteroatoms. The van der Waals surface area contributed by atoms with Crippen molar-refractivity contribution >= 4 is 0 Å². The largest absolute Gasteiger partial charge is 0.328 e. The number of aromatic nitrogens is 1. The van der Waals surface area contributed by atoms with E-state index >= 15 is 0 Å². The summed E-state index contributed by atoms with van der Waals surface area (Å²) in [5.41, 5.74) is 3.64. The first kappa shape index (κ1) is 11.2. The van der Waals surface area contributed by atoms with Gasteiger partial charge in [0.2, 0.25) is 0 Å². The van der Waals surface area contributed by atoms with Gasteiger partial charge in [-0.1, -0.05) is 29.3 Å². The summed E-state index contributed by atoms with van der Waals surface area (Å²) in [5.74, 6) is 0. The summed E-state index contributed by atoms with van der Waals surface area (Å²) in [5, 5.41) is 9.03. The zero-order valence-electron chi connectivity index (χ0n) is 9.74. The molecule has 1 heterocycles. The lowest BCUT2D eigenvalue weighted by molar-refractivity contribution is 1.21. The quantitative estimate of drug-likeness (QED) is 0.809. The third kappa shape index (κ3) is 2.11. The molecule has 0 atom stereocenters. The molecule has 2 aromatic rings. The third-order valence-electron chi connectivity index (χ3n) is 2.61. The van der Waals surface area contributed by atoms with Crippen LogP contribution in [0.25, 0.3) is 11.1 Å². The summed E-state index contributed by atoms with van der Waals surface area (Å²) in [6.45, 7) is 3.99. The zero-order chi connectivity index (χ0) is 12.4. The summed E-state index contributed by atoms with van der Waals surface area (Å²) in [6.07, 6.45) is 1.57. The van der Waals surface area contributed by atoms with Gasteiger partial charge in [-0.25, -0.2) is 0 Å². The van der Waals surface area contributed by atoms with Gasteiger partial charge in [0.25, 0.3) is 5.56 Å². The van der Waals surface area contributed by atoms with E-state index in [2.05, 4.69) is 11.1 Å². The van der Waals surface area contributed by atoms with E-state index in [1.165, 1.54) is 0 Å². The molecule has 84 valence electrons. The molecule has 2 rings (SSSR count). The molecule has 0 spiro atoms. The van der Waals surface area contributed by atoms with Crippen molar-refractivity contribution in [3.05, 3.63) is 57.5 Å². The van der Waals surface area contributed by atoms with Gasteiger partial charge in [-0.15, -0.1) is 0 Å². The van der Waals surface area contributed by atoms with Crippen molar-refractivity contribution in [2.24, 2.45) is 0 Å². The van der Waals surface area contributed by atoms with Crippen molar-refractivity contribution < 1.29 is 0 Å². The van der Waals surface area contributed by atoms with Gasteiger partial charge in [-0.3, -0.25) is 4.79 Å². The second-order valence-corrected chi connectivity index (χ2v) is 4.08. The monoisotopic (exact) mass is 224 g/mol. The Labute approximate surface area is 99.4 Å². The molecule has 0 aliphatic heterocycles. The van der Waals surface area contributed by atoms with Gasteiger partial charge >= 0.3 is 0 Å². The van der Waals surface area contributed by atoms with Crippen LogP contribution in [-0.4, -0.2) is 4.98 Å². The number of rotatable bonds is 1. The van der Waals surface area contributed by atoms with Crippen LogP contribution in [0.5, 0.6) is 0 Å². The Balaban J connectivity index is 2.73. The highest BCUT2D eigenvalue weighted by Crippen LogP contribution is 2.23. The van der Waals surface area contributed by atoms with Crippen molar-refractivity contribution in [3.8, 4) is 17.2 Å². The Hall–Kier alpha value is -2.34. The van der Waals surface area contributed by atoms with Gasteiger partial charge in [-0.2, -0.15) is 5.26 Å². The van der Waals surface area contributed by atoms with Crippen molar-refractivity contribution in [1.82, 2.24) is 4.98 Å². The summed E-state index contributed by atoms with van der Waals surface area (Å²) in [6, 6.07) is 9.72. The van der Waals surface area contributed by atoms with Gasteiger partial charge in [0.05, 0.1) is 0 Å². The van der Waals surface area contributed by atoms with Gasteiger partial charge in [0.1, 0.15) is 11.6 Å². The zero-order valence-corrected chi connectivity index (χ0v) is 9.74. The number of H-pyrrole nitrogens is 1. The summed E-state index contributed by atoms with van der Waals surface area (Å²) >= 11 is 0. The van der Waals surface area contributed by atoms with Crippen molar-refractivity contribution in [2.45, 2.75) is 13.8 Å². The number of aryl methyl sites for hydroxylation is 2. The Morgan fingerprint density at radius 2 is 1.82 bits per heavy atom. The van der Waals surface area contributed by atoms with Crippen LogP contribution in [0.2, 0.25) is 0 Å². The minimum atomic E-state index is -0.343. The predicted octanol–water partition coefficient (Wildman–Crippen LogP) is 2.53. The number of nitrogens with zero attached hydrogens (tertiary/aromatic N) is 1. The molecule has 0 unspecified atom stereocenters. The van der Waals surface area contributed by atoms with Crippen LogP contribution in [0.3, 0.4) is 0 Å². The van der Waals surface area contributed by atoms with Crippen molar-refractivity contribution in [1.29, 1.82) is 5.26 Å². The number of nitrogens with one attached hydrogen (secondary N) is 1. The van der Waals surface area contributed by atoms with E-state index in [0.29, 0.717) is 5.56 Å². The standard InChI is InChI=1S/C14H12N2O/c1-9-5-10(2)7-11(6-9)12-3-4-16-14(17)13(12)8-15/h3-7H,1-2H3,(H,16,17). The van der Waals surface area contributed by atoms with Crippen molar-refractivity contribution in [2.75, 3.05) is 0 Å². The molecule has 0 radical (unpaired) electrons. The highest BCUT2D eigenvalue weighted by molar-refractivity contribution is 5.70. The molecular weight excluding hydrogens is 212 g/mol. The summed E-state index contributed by atoms with van der Waals surface area (Å²) in [4.78, 5) is 14.0. The third-order valence-corrected chi connectivity index (χ3v) is 2.61. The van der Waals surface area contributed by atoms with Crippen LogP contribution in [0.1, 0.15) is 16.7 Å². The molecule has 0 fully saturated rings. The fourth-order valence-electron chi connectivity index (χ4n) is 1.96. The lowest BCUT2D eigenvalue weighted by Crippen LogP contribution is -2.10. The van der Waals surface area contributed by atoms with Crippen LogP contribution in [0.4, 0.5) is 0 Å². The van der Waals surface area contributed by atoms with E-state index < -0.39 is 0 Å². The number of benzene rings is 1. The molecule has 3 nitrogen and oxygen atoms in total. The van der Waals surface area contributed by atoms with E-state index in [1.807, 2.05) is 32.0 Å². The van der Waals surface area contributed by atoms with Gasteiger partial charge < -0.3 is 4.98 Å². The van der Waals surface area contributed by atoms with Crippen LogP contribution in [-0.2, 0) is 0 Å². The lowest BCUT2D eigenvalue weighted by atomic mass is 9.98. The molecule has 0 bridgehead atoms. The highest BCUT2D eigenvalue weighted by Gasteiger charge is 2.08. The predicted molar refractivity (Wildman–Crippen MR) is 66.7 cm³/mol. The Kier molecular flexibility index (Phi) is 2.80. The Morgan fingerprint density at radius 3 is 2.41 bits per heavy atom. The fraction of sp³-hybridized carbons (Fsp3) is 0.143. The maximum atomic E-state index is 11.5. The second kappa shape index (κ2) is 4.26. The molecule has 0 aliphatic rings. The maximum Gasteiger partial charge on any atom is 0.266 e. The molecule has 0 aliphatic carbocycles. The van der Waals surface area contributed by atoms with E-state index in [4.69, 9.17) is 5.26 Å². The minimum Gasteiger partial charge on any atom is -0.328 e. The Bertz CT molecular complexity index is 642. The molecule has 1 aromatic heterocycles. The molecule has 0 saturated carbocycles. The topological polar surface area (TPSA) is 56.6 Å². The van der Waals surface area contributed by atoms with E-state index in [9.17, 15) is 4.79 Å². The number of hydrogen-bond acceptors (Lipinski definition) is 2. The Morgan fingerprint density at radius 1 is 1.18 bits per heavy atom. The molecule has 0 amide bonds. The van der Waals surface area contributed by atoms with Gasteiger partial charge in [0.15, 0.2) is 0 Å². The van der Waals surface area contributed by atoms with Gasteiger partial charge in [0, 0.05) is 11.8 Å². The number of aromatic amines is 1. The molecule has 1 N–H and O–H groups in total. The number of nitriles is 1. The van der Waals surface area contributed by atoms with Crippen molar-refractivity contribution in [3.63, 3.8) is 0 Å². The first-order chi connectivity index (χ1) is 8.11. The van der Waals surface area contributed by atoms with E-state index in [-0.39, 0.29) is 11.1 Å². The second-order valence-electron chi connectivity index (χ2n) is 4.08. The molecular formula is C14H12N2O. The van der Waals surface area contributed by atoms with Crippen LogP contribution < -0.4 is 5.56 Å². The van der Waals surface area contributed by atoms with Crippen LogP contribution in [0.15, 0.2) is 35.3 Å².